The predicted molar refractivity (Wildman–Crippen MR) is 88.6 cm³/mol. The van der Waals surface area contributed by atoms with Gasteiger partial charge < -0.3 is 10.1 Å². The van der Waals surface area contributed by atoms with Crippen molar-refractivity contribution >= 4 is 23.7 Å². The molecule has 1 aliphatic rings. The topological polar surface area (TPSA) is 38.3 Å². The lowest BCUT2D eigenvalue weighted by atomic mass is 9.93. The van der Waals surface area contributed by atoms with E-state index in [1.54, 1.807) is 5.37 Å². The first-order valence-corrected chi connectivity index (χ1v) is 8.10. The lowest BCUT2D eigenvalue weighted by Gasteiger charge is -2.30. The second kappa shape index (κ2) is 7.55. The average Bonchev–Trinajstić information content (AvgIpc) is 2.49. The Morgan fingerprint density at radius 1 is 1.33 bits per heavy atom. The first-order valence-electron chi connectivity index (χ1n) is 7.63. The zero-order chi connectivity index (χ0) is 15.1. The van der Waals surface area contributed by atoms with Crippen molar-refractivity contribution in [2.24, 2.45) is 0 Å². The molecule has 1 atom stereocenters. The van der Waals surface area contributed by atoms with Gasteiger partial charge in [-0.25, -0.2) is 4.79 Å². The van der Waals surface area contributed by atoms with Gasteiger partial charge in [-0.3, -0.25) is 0 Å². The van der Waals surface area contributed by atoms with Crippen LogP contribution in [0.25, 0.3) is 0 Å². The molecule has 0 bridgehead atoms. The van der Waals surface area contributed by atoms with E-state index in [9.17, 15) is 4.79 Å². The maximum absolute atomic E-state index is 12.2. The summed E-state index contributed by atoms with van der Waals surface area (Å²) in [6.45, 7) is 1.91. The van der Waals surface area contributed by atoms with E-state index in [0.29, 0.717) is 6.42 Å². The van der Waals surface area contributed by atoms with E-state index in [4.69, 9.17) is 17.0 Å². The molecule has 1 aliphatic carbocycles. The third kappa shape index (κ3) is 4.53. The molecule has 0 aliphatic heterocycles. The summed E-state index contributed by atoms with van der Waals surface area (Å²) in [5.74, 6) is 0. The number of thiocarbonyl (C=S) groups is 1. The zero-order valence-electron chi connectivity index (χ0n) is 12.5. The third-order valence-corrected chi connectivity index (χ3v) is 4.27. The molecule has 114 valence electrons. The monoisotopic (exact) mass is 305 g/mol. The first-order chi connectivity index (χ1) is 10.1. The number of carbonyl (C=O) groups excluding carboxylic acids is 1. The average molecular weight is 305 g/mol. The molecule has 1 amide bonds. The molecular formula is C17H23NO2S. The minimum Gasteiger partial charge on any atom is -0.438 e. The van der Waals surface area contributed by atoms with Gasteiger partial charge in [0.15, 0.2) is 0 Å². The van der Waals surface area contributed by atoms with Crippen molar-refractivity contribution in [1.82, 2.24) is 5.32 Å². The van der Waals surface area contributed by atoms with Gasteiger partial charge in [-0.2, -0.15) is 0 Å². The molecule has 3 nitrogen and oxygen atoms in total. The fraction of sp³-hybridized carbons (Fsp3) is 0.529. The van der Waals surface area contributed by atoms with E-state index in [1.165, 1.54) is 19.3 Å². The molecule has 0 heterocycles. The second-order valence-corrected chi connectivity index (χ2v) is 6.17. The van der Waals surface area contributed by atoms with Gasteiger partial charge in [-0.05, 0) is 30.7 Å². The van der Waals surface area contributed by atoms with Gasteiger partial charge >= 0.3 is 6.09 Å². The summed E-state index contributed by atoms with van der Waals surface area (Å²) in [5.41, 5.74) is 0.256. The fourth-order valence-corrected chi connectivity index (χ4v) is 3.13. The lowest BCUT2D eigenvalue weighted by molar-refractivity contribution is 0.0256. The minimum atomic E-state index is -0.707. The highest BCUT2D eigenvalue weighted by atomic mass is 32.1. The van der Waals surface area contributed by atoms with Crippen molar-refractivity contribution in [2.75, 3.05) is 0 Å². The minimum absolute atomic E-state index is 0.249. The van der Waals surface area contributed by atoms with Gasteiger partial charge in [0, 0.05) is 12.5 Å². The Kier molecular flexibility index (Phi) is 5.74. The smallest absolute Gasteiger partial charge is 0.408 e. The Balaban J connectivity index is 2.01. The van der Waals surface area contributed by atoms with Crippen molar-refractivity contribution in [3.05, 3.63) is 35.9 Å². The van der Waals surface area contributed by atoms with E-state index in [1.807, 2.05) is 37.3 Å². The van der Waals surface area contributed by atoms with Crippen LogP contribution in [0.4, 0.5) is 4.79 Å². The Morgan fingerprint density at radius 2 is 2.00 bits per heavy atom. The van der Waals surface area contributed by atoms with Crippen LogP contribution in [0, 0.1) is 0 Å². The molecule has 1 saturated carbocycles. The summed E-state index contributed by atoms with van der Waals surface area (Å²) in [6, 6.07) is 10.0. The Bertz CT molecular complexity index is 471. The van der Waals surface area contributed by atoms with E-state index < -0.39 is 5.60 Å². The summed E-state index contributed by atoms with van der Waals surface area (Å²) < 4.78 is 5.72. The summed E-state index contributed by atoms with van der Waals surface area (Å²) in [7, 11) is 0. The van der Waals surface area contributed by atoms with Crippen molar-refractivity contribution in [2.45, 2.75) is 57.1 Å². The molecule has 1 fully saturated rings. The number of nitrogens with one attached hydrogen (secondary N) is 1. The predicted octanol–water partition coefficient (Wildman–Crippen LogP) is 4.35. The number of hydrogen-bond donors (Lipinski definition) is 1. The van der Waals surface area contributed by atoms with Gasteiger partial charge in [0.25, 0.3) is 0 Å². The number of benzene rings is 1. The van der Waals surface area contributed by atoms with Crippen molar-refractivity contribution in [3.63, 3.8) is 0 Å². The summed E-state index contributed by atoms with van der Waals surface area (Å²) >= 11 is 4.98. The van der Waals surface area contributed by atoms with Gasteiger partial charge in [0.05, 0.1) is 0 Å². The van der Waals surface area contributed by atoms with E-state index in [-0.39, 0.29) is 12.1 Å². The molecule has 21 heavy (non-hydrogen) atoms. The highest BCUT2D eigenvalue weighted by Gasteiger charge is 2.30. The summed E-state index contributed by atoms with van der Waals surface area (Å²) in [6.07, 6.45) is 5.89. The molecule has 0 radical (unpaired) electrons. The summed E-state index contributed by atoms with van der Waals surface area (Å²) in [5, 5.41) is 4.62. The van der Waals surface area contributed by atoms with Crippen molar-refractivity contribution < 1.29 is 9.53 Å². The van der Waals surface area contributed by atoms with Gasteiger partial charge in [0.2, 0.25) is 0 Å². The van der Waals surface area contributed by atoms with Crippen LogP contribution >= 0.6 is 12.2 Å². The normalized spacial score (nSPS) is 18.5. The highest BCUT2D eigenvalue weighted by molar-refractivity contribution is 7.78. The van der Waals surface area contributed by atoms with E-state index >= 15 is 0 Å². The molecule has 1 aromatic carbocycles. The van der Waals surface area contributed by atoms with Crippen molar-refractivity contribution in [1.29, 1.82) is 0 Å². The maximum atomic E-state index is 12.2. The number of amides is 1. The molecule has 1 unspecified atom stereocenters. The number of ether oxygens (including phenoxy) is 1. The van der Waals surface area contributed by atoms with Crippen LogP contribution in [-0.4, -0.2) is 17.5 Å². The molecule has 0 aromatic heterocycles. The van der Waals surface area contributed by atoms with Crippen LogP contribution in [0.3, 0.4) is 0 Å². The number of carbonyl (C=O) groups is 1. The van der Waals surface area contributed by atoms with Crippen LogP contribution in [0.2, 0.25) is 0 Å². The largest absolute Gasteiger partial charge is 0.438 e. The molecule has 1 aromatic rings. The fourth-order valence-electron chi connectivity index (χ4n) is 2.82. The highest BCUT2D eigenvalue weighted by Crippen LogP contribution is 2.29. The van der Waals surface area contributed by atoms with E-state index in [0.717, 1.165) is 18.4 Å². The van der Waals surface area contributed by atoms with Crippen molar-refractivity contribution in [3.8, 4) is 0 Å². The second-order valence-electron chi connectivity index (χ2n) is 5.84. The molecule has 2 rings (SSSR count). The van der Waals surface area contributed by atoms with Crippen LogP contribution in [0.5, 0.6) is 0 Å². The SMILES string of the molecule is CC(CC=S)(OC(=O)NC1CCCCC1)c1ccccc1. The van der Waals surface area contributed by atoms with Crippen LogP contribution in [-0.2, 0) is 10.3 Å². The zero-order valence-corrected chi connectivity index (χ0v) is 13.3. The van der Waals surface area contributed by atoms with Crippen LogP contribution < -0.4 is 5.32 Å². The lowest BCUT2D eigenvalue weighted by Crippen LogP contribution is -2.41. The molecule has 0 spiro atoms. The number of rotatable bonds is 5. The quantitative estimate of drug-likeness (QED) is 0.822. The standard InChI is InChI=1S/C17H23NO2S/c1-17(12-13-21,14-8-4-2-5-9-14)20-16(19)18-15-10-6-3-7-11-15/h2,4-5,8-9,13,15H,3,6-7,10-12H2,1H3,(H,18,19). The Labute approximate surface area is 132 Å². The van der Waals surface area contributed by atoms with Crippen LogP contribution in [0.1, 0.15) is 51.0 Å². The molecule has 1 N–H and O–H groups in total. The van der Waals surface area contributed by atoms with Gasteiger partial charge in [0.1, 0.15) is 5.60 Å². The molecule has 0 saturated heterocycles. The Hall–Kier alpha value is -1.42. The third-order valence-electron chi connectivity index (χ3n) is 4.10. The Morgan fingerprint density at radius 3 is 2.62 bits per heavy atom. The number of hydrogen-bond acceptors (Lipinski definition) is 3. The number of alkyl carbamates (subject to hydrolysis) is 1. The maximum Gasteiger partial charge on any atom is 0.408 e. The first kappa shape index (κ1) is 16.0. The van der Waals surface area contributed by atoms with E-state index in [2.05, 4.69) is 5.32 Å². The van der Waals surface area contributed by atoms with Gasteiger partial charge in [-0.15, -0.1) is 0 Å². The van der Waals surface area contributed by atoms with Gasteiger partial charge in [-0.1, -0.05) is 61.8 Å². The molecule has 4 heteroatoms. The van der Waals surface area contributed by atoms with Crippen LogP contribution in [0.15, 0.2) is 30.3 Å². The molecular weight excluding hydrogens is 282 g/mol. The summed E-state index contributed by atoms with van der Waals surface area (Å²) in [4.78, 5) is 12.2.